The lowest BCUT2D eigenvalue weighted by molar-refractivity contribution is 0.278. The topological polar surface area (TPSA) is 43.4 Å². The summed E-state index contributed by atoms with van der Waals surface area (Å²) in [7, 11) is -2.96. The molecule has 0 aliphatic carbocycles. The van der Waals surface area contributed by atoms with Gasteiger partial charge in [0, 0.05) is 5.57 Å². The SMILES string of the molecule is O=S1(=O)C=C2OCC=C2C1. The van der Waals surface area contributed by atoms with E-state index in [1.807, 2.05) is 0 Å². The van der Waals surface area contributed by atoms with Gasteiger partial charge in [-0.05, 0) is 6.08 Å². The van der Waals surface area contributed by atoms with E-state index in [1.165, 1.54) is 5.41 Å². The Labute approximate surface area is 58.9 Å². The van der Waals surface area contributed by atoms with E-state index in [-0.39, 0.29) is 5.75 Å². The normalized spacial score (nSPS) is 26.8. The number of ether oxygens (including phenoxy) is 1. The van der Waals surface area contributed by atoms with Crippen LogP contribution in [-0.4, -0.2) is 20.8 Å². The highest BCUT2D eigenvalue weighted by molar-refractivity contribution is 7.94. The van der Waals surface area contributed by atoms with Crippen molar-refractivity contribution in [3.63, 3.8) is 0 Å². The second-order valence-corrected chi connectivity index (χ2v) is 4.18. The average Bonchev–Trinajstić information content (AvgIpc) is 2.20. The third-order valence-corrected chi connectivity index (χ3v) is 2.81. The second kappa shape index (κ2) is 1.63. The Bertz CT molecular complexity index is 321. The van der Waals surface area contributed by atoms with E-state index in [0.29, 0.717) is 12.4 Å². The average molecular weight is 158 g/mol. The molecule has 0 saturated carbocycles. The predicted molar refractivity (Wildman–Crippen MR) is 35.9 cm³/mol. The summed E-state index contributed by atoms with van der Waals surface area (Å²) < 4.78 is 26.7. The molecule has 0 radical (unpaired) electrons. The van der Waals surface area contributed by atoms with Crippen LogP contribution >= 0.6 is 0 Å². The summed E-state index contributed by atoms with van der Waals surface area (Å²) >= 11 is 0. The van der Waals surface area contributed by atoms with E-state index in [1.54, 1.807) is 6.08 Å². The van der Waals surface area contributed by atoms with Gasteiger partial charge in [-0.1, -0.05) is 0 Å². The zero-order valence-corrected chi connectivity index (χ0v) is 6.02. The molecule has 0 saturated heterocycles. The predicted octanol–water partition coefficient (Wildman–Crippen LogP) is 0.213. The summed E-state index contributed by atoms with van der Waals surface area (Å²) in [6.07, 6.45) is 1.80. The van der Waals surface area contributed by atoms with Crippen LogP contribution in [0.2, 0.25) is 0 Å². The molecule has 3 nitrogen and oxygen atoms in total. The lowest BCUT2D eigenvalue weighted by Gasteiger charge is -1.91. The quantitative estimate of drug-likeness (QED) is 0.506. The maximum Gasteiger partial charge on any atom is 0.179 e. The van der Waals surface area contributed by atoms with Gasteiger partial charge in [0.2, 0.25) is 0 Å². The molecule has 2 heterocycles. The Kier molecular flexibility index (Phi) is 0.976. The van der Waals surface area contributed by atoms with Gasteiger partial charge < -0.3 is 4.74 Å². The van der Waals surface area contributed by atoms with Gasteiger partial charge in [0.05, 0.1) is 11.2 Å². The van der Waals surface area contributed by atoms with Crippen LogP contribution in [0.25, 0.3) is 0 Å². The number of sulfone groups is 1. The Morgan fingerprint density at radius 2 is 2.30 bits per heavy atom. The molecule has 0 unspecified atom stereocenters. The first-order chi connectivity index (χ1) is 4.67. The molecule has 0 N–H and O–H groups in total. The van der Waals surface area contributed by atoms with E-state index in [4.69, 9.17) is 4.74 Å². The van der Waals surface area contributed by atoms with Gasteiger partial charge in [0.15, 0.2) is 9.84 Å². The van der Waals surface area contributed by atoms with E-state index < -0.39 is 9.84 Å². The minimum absolute atomic E-state index is 0.127. The van der Waals surface area contributed by atoms with E-state index in [0.717, 1.165) is 5.57 Å². The smallest absolute Gasteiger partial charge is 0.179 e. The maximum atomic E-state index is 10.8. The molecule has 2 aliphatic heterocycles. The Morgan fingerprint density at radius 1 is 1.50 bits per heavy atom. The zero-order chi connectivity index (χ0) is 7.19. The van der Waals surface area contributed by atoms with Crippen LogP contribution in [0.4, 0.5) is 0 Å². The van der Waals surface area contributed by atoms with Crippen LogP contribution in [0.15, 0.2) is 22.8 Å². The molecule has 0 amide bonds. The highest BCUT2D eigenvalue weighted by atomic mass is 32.2. The van der Waals surface area contributed by atoms with E-state index in [9.17, 15) is 8.42 Å². The largest absolute Gasteiger partial charge is 0.488 e. The third kappa shape index (κ3) is 0.759. The first-order valence-electron chi connectivity index (χ1n) is 2.94. The molecular formula is C6H6O3S. The molecule has 0 bridgehead atoms. The molecule has 0 aromatic carbocycles. The van der Waals surface area contributed by atoms with Gasteiger partial charge in [0.25, 0.3) is 0 Å². The van der Waals surface area contributed by atoms with Gasteiger partial charge in [-0.2, -0.15) is 0 Å². The molecule has 0 atom stereocenters. The van der Waals surface area contributed by atoms with Crippen LogP contribution < -0.4 is 0 Å². The molecule has 4 heteroatoms. The van der Waals surface area contributed by atoms with Crippen molar-refractivity contribution in [3.05, 3.63) is 22.8 Å². The standard InChI is InChI=1S/C6H6O3S/c7-10(8)3-5-1-2-9-6(5)4-10/h1,4H,2-3H2. The fourth-order valence-electron chi connectivity index (χ4n) is 1.09. The van der Waals surface area contributed by atoms with Crippen molar-refractivity contribution in [1.29, 1.82) is 0 Å². The summed E-state index contributed by atoms with van der Waals surface area (Å²) in [5.41, 5.74) is 0.819. The van der Waals surface area contributed by atoms with Crippen LogP contribution in [0.1, 0.15) is 0 Å². The number of hydrogen-bond donors (Lipinski definition) is 0. The summed E-state index contributed by atoms with van der Waals surface area (Å²) in [5.74, 6) is 0.669. The van der Waals surface area contributed by atoms with Crippen molar-refractivity contribution in [2.24, 2.45) is 0 Å². The molecule has 54 valence electrons. The highest BCUT2D eigenvalue weighted by Gasteiger charge is 2.27. The number of fused-ring (bicyclic) bond motifs is 1. The molecule has 2 rings (SSSR count). The Balaban J connectivity index is 2.53. The third-order valence-electron chi connectivity index (χ3n) is 1.53. The van der Waals surface area contributed by atoms with Crippen LogP contribution in [0, 0.1) is 0 Å². The second-order valence-electron chi connectivity index (χ2n) is 2.33. The van der Waals surface area contributed by atoms with Gasteiger partial charge in [-0.25, -0.2) is 8.42 Å². The lowest BCUT2D eigenvalue weighted by atomic mass is 10.3. The van der Waals surface area contributed by atoms with Crippen molar-refractivity contribution in [2.45, 2.75) is 0 Å². The van der Waals surface area contributed by atoms with Crippen LogP contribution in [0.3, 0.4) is 0 Å². The van der Waals surface area contributed by atoms with E-state index in [2.05, 4.69) is 0 Å². The summed E-state index contributed by atoms with van der Waals surface area (Å²) in [4.78, 5) is 0. The number of rotatable bonds is 0. The summed E-state index contributed by atoms with van der Waals surface area (Å²) in [5, 5.41) is 1.20. The number of hydrogen-bond acceptors (Lipinski definition) is 3. The lowest BCUT2D eigenvalue weighted by Crippen LogP contribution is -1.95. The molecule has 0 spiro atoms. The fourth-order valence-corrected chi connectivity index (χ4v) is 2.41. The minimum Gasteiger partial charge on any atom is -0.488 e. The van der Waals surface area contributed by atoms with Crippen molar-refractivity contribution < 1.29 is 13.2 Å². The summed E-state index contributed by atoms with van der Waals surface area (Å²) in [6.45, 7) is 0.524. The Morgan fingerprint density at radius 3 is 3.00 bits per heavy atom. The first-order valence-corrected chi connectivity index (χ1v) is 4.66. The Hall–Kier alpha value is -0.770. The zero-order valence-electron chi connectivity index (χ0n) is 5.20. The molecule has 2 aliphatic rings. The first kappa shape index (κ1) is 5.97. The summed E-state index contributed by atoms with van der Waals surface area (Å²) in [6, 6.07) is 0. The van der Waals surface area contributed by atoms with Gasteiger partial charge in [-0.15, -0.1) is 0 Å². The fraction of sp³-hybridized carbons (Fsp3) is 0.333. The van der Waals surface area contributed by atoms with Crippen LogP contribution in [-0.2, 0) is 14.6 Å². The van der Waals surface area contributed by atoms with E-state index >= 15 is 0 Å². The van der Waals surface area contributed by atoms with Crippen molar-refractivity contribution in [1.82, 2.24) is 0 Å². The van der Waals surface area contributed by atoms with Gasteiger partial charge >= 0.3 is 0 Å². The monoisotopic (exact) mass is 158 g/mol. The molecule has 10 heavy (non-hydrogen) atoms. The highest BCUT2D eigenvalue weighted by Crippen LogP contribution is 2.27. The molecule has 0 aromatic rings. The van der Waals surface area contributed by atoms with Crippen LogP contribution in [0.5, 0.6) is 0 Å². The van der Waals surface area contributed by atoms with Gasteiger partial charge in [-0.3, -0.25) is 0 Å². The molecular weight excluding hydrogens is 152 g/mol. The molecule has 0 fully saturated rings. The minimum atomic E-state index is -2.96. The maximum absolute atomic E-state index is 10.8. The van der Waals surface area contributed by atoms with Gasteiger partial charge in [0.1, 0.15) is 12.4 Å². The van der Waals surface area contributed by atoms with Crippen molar-refractivity contribution in [2.75, 3.05) is 12.4 Å². The van der Waals surface area contributed by atoms with Crippen molar-refractivity contribution >= 4 is 9.84 Å². The molecule has 0 aromatic heterocycles. The number of allylic oxidation sites excluding steroid dienone is 1. The van der Waals surface area contributed by atoms with Crippen molar-refractivity contribution in [3.8, 4) is 0 Å².